The molecule has 0 aromatic heterocycles. The van der Waals surface area contributed by atoms with Gasteiger partial charge in [0.05, 0.1) is 26.7 Å². The number of ketones is 1. The molecule has 224 valence electrons. The van der Waals surface area contributed by atoms with Crippen molar-refractivity contribution < 1.29 is 42.9 Å². The number of carbonyl (C=O) groups is 4. The number of methoxy groups -OCH3 is 1. The van der Waals surface area contributed by atoms with Crippen LogP contribution in [0.1, 0.15) is 54.9 Å². The average Bonchev–Trinajstić information content (AvgIpc) is 2.99. The van der Waals surface area contributed by atoms with Crippen LogP contribution in [0.15, 0.2) is 78.9 Å². The van der Waals surface area contributed by atoms with Gasteiger partial charge in [0.15, 0.2) is 5.78 Å². The molecule has 9 nitrogen and oxygen atoms in total. The third-order valence-corrected chi connectivity index (χ3v) is 5.79. The summed E-state index contributed by atoms with van der Waals surface area (Å²) in [6.45, 7) is 9.77. The predicted octanol–water partition coefficient (Wildman–Crippen LogP) is 5.68. The monoisotopic (exact) mass is 578 g/mol. The van der Waals surface area contributed by atoms with Gasteiger partial charge in [0.1, 0.15) is 24.7 Å². The highest BCUT2D eigenvalue weighted by Gasteiger charge is 2.13. The smallest absolute Gasteiger partial charge is 0.333 e. The highest BCUT2D eigenvalue weighted by Crippen LogP contribution is 2.16. The molecule has 0 aliphatic heterocycles. The van der Waals surface area contributed by atoms with Gasteiger partial charge < -0.3 is 23.7 Å². The molecule has 0 unspecified atom stereocenters. The maximum atomic E-state index is 12.5. The lowest BCUT2D eigenvalue weighted by molar-refractivity contribution is -0.144. The zero-order chi connectivity index (χ0) is 30.7. The normalized spacial score (nSPS) is 10.5. The summed E-state index contributed by atoms with van der Waals surface area (Å²) >= 11 is 0. The molecule has 42 heavy (non-hydrogen) atoms. The van der Waals surface area contributed by atoms with Crippen molar-refractivity contribution in [2.45, 2.75) is 39.0 Å². The molecular formula is C33H38O9. The molecule has 0 saturated carbocycles. The fraction of sp³-hybridized carbons (Fsp3) is 0.333. The van der Waals surface area contributed by atoms with Gasteiger partial charge in [0.2, 0.25) is 0 Å². The van der Waals surface area contributed by atoms with Crippen LogP contribution in [0.4, 0.5) is 0 Å². The van der Waals surface area contributed by atoms with Gasteiger partial charge in [0, 0.05) is 16.7 Å². The lowest BCUT2D eigenvalue weighted by Crippen LogP contribution is -2.12. The fourth-order valence-corrected chi connectivity index (χ4v) is 3.41. The standard InChI is InChI=1S/C33H38O9/c1-24(2)32(36)42-22-21-40-29-16-12-27(13-17-29)30(34)18-11-26-9-14-28(15-10-26)39-19-7-5-6-8-20-41-33(37)25(3)23-31(35)38-4/h9-18H,1,3,5-8,19-23H2,2,4H3/b18-11+. The first-order chi connectivity index (χ1) is 20.2. The topological polar surface area (TPSA) is 114 Å². The van der Waals surface area contributed by atoms with E-state index in [-0.39, 0.29) is 37.6 Å². The fourth-order valence-electron chi connectivity index (χ4n) is 3.41. The van der Waals surface area contributed by atoms with Crippen molar-refractivity contribution in [2.24, 2.45) is 0 Å². The third-order valence-electron chi connectivity index (χ3n) is 5.79. The molecule has 0 fully saturated rings. The second-order valence-corrected chi connectivity index (χ2v) is 9.31. The van der Waals surface area contributed by atoms with Gasteiger partial charge >= 0.3 is 17.9 Å². The van der Waals surface area contributed by atoms with Crippen LogP contribution in [-0.2, 0) is 28.6 Å². The summed E-state index contributed by atoms with van der Waals surface area (Å²) in [7, 11) is 1.25. The minimum absolute atomic E-state index is 0.0820. The van der Waals surface area contributed by atoms with Gasteiger partial charge in [-0.15, -0.1) is 0 Å². The van der Waals surface area contributed by atoms with E-state index in [1.807, 2.05) is 24.3 Å². The van der Waals surface area contributed by atoms with Crippen LogP contribution in [0, 0.1) is 0 Å². The summed E-state index contributed by atoms with van der Waals surface area (Å²) < 4.78 is 25.9. The minimum atomic E-state index is -0.579. The maximum absolute atomic E-state index is 12.5. The second-order valence-electron chi connectivity index (χ2n) is 9.31. The Hall–Kier alpha value is -4.66. The van der Waals surface area contributed by atoms with Crippen LogP contribution in [0.5, 0.6) is 11.5 Å². The van der Waals surface area contributed by atoms with Gasteiger partial charge in [-0.25, -0.2) is 9.59 Å². The Labute approximate surface area is 246 Å². The zero-order valence-electron chi connectivity index (χ0n) is 24.2. The first-order valence-electron chi connectivity index (χ1n) is 13.6. The molecule has 0 aliphatic rings. The van der Waals surface area contributed by atoms with Crippen molar-refractivity contribution in [3.8, 4) is 11.5 Å². The van der Waals surface area contributed by atoms with Crippen molar-refractivity contribution in [1.82, 2.24) is 0 Å². The van der Waals surface area contributed by atoms with Gasteiger partial charge in [-0.2, -0.15) is 0 Å². The van der Waals surface area contributed by atoms with E-state index in [4.69, 9.17) is 18.9 Å². The SMILES string of the molecule is C=C(C)C(=O)OCCOc1ccc(C(=O)/C=C/c2ccc(OCCCCCCOC(=O)C(=C)CC(=O)OC)cc2)cc1. The number of allylic oxidation sites excluding steroid dienone is 1. The van der Waals surface area contributed by atoms with E-state index in [2.05, 4.69) is 17.9 Å². The van der Waals surface area contributed by atoms with Crippen molar-refractivity contribution in [2.75, 3.05) is 33.5 Å². The number of ether oxygens (including phenoxy) is 5. The molecule has 0 radical (unpaired) electrons. The van der Waals surface area contributed by atoms with Crippen LogP contribution in [0.25, 0.3) is 6.08 Å². The number of hydrogen-bond donors (Lipinski definition) is 0. The summed E-state index contributed by atoms with van der Waals surface area (Å²) in [5, 5.41) is 0. The number of benzene rings is 2. The van der Waals surface area contributed by atoms with E-state index >= 15 is 0 Å². The van der Waals surface area contributed by atoms with Gasteiger partial charge in [-0.3, -0.25) is 9.59 Å². The van der Waals surface area contributed by atoms with Gasteiger partial charge in [0.25, 0.3) is 0 Å². The summed E-state index contributed by atoms with van der Waals surface area (Å²) in [6.07, 6.45) is 6.43. The molecule has 0 heterocycles. The Morgan fingerprint density at radius 1 is 0.714 bits per heavy atom. The zero-order valence-corrected chi connectivity index (χ0v) is 24.2. The molecule has 0 saturated heterocycles. The number of unbranched alkanes of at least 4 members (excludes halogenated alkanes) is 3. The number of carbonyl (C=O) groups excluding carboxylic acids is 4. The van der Waals surface area contributed by atoms with E-state index in [0.717, 1.165) is 30.6 Å². The second kappa shape index (κ2) is 18.6. The van der Waals surface area contributed by atoms with E-state index in [1.165, 1.54) is 13.2 Å². The molecule has 9 heteroatoms. The van der Waals surface area contributed by atoms with Crippen molar-refractivity contribution >= 4 is 29.8 Å². The van der Waals surface area contributed by atoms with Crippen LogP contribution in [0.2, 0.25) is 0 Å². The first kappa shape index (κ1) is 33.5. The van der Waals surface area contributed by atoms with E-state index < -0.39 is 17.9 Å². The van der Waals surface area contributed by atoms with Crippen LogP contribution >= 0.6 is 0 Å². The van der Waals surface area contributed by atoms with Crippen LogP contribution in [-0.4, -0.2) is 57.2 Å². The number of hydrogen-bond acceptors (Lipinski definition) is 9. The Bertz CT molecular complexity index is 1240. The van der Waals surface area contributed by atoms with Gasteiger partial charge in [-0.1, -0.05) is 31.4 Å². The highest BCUT2D eigenvalue weighted by molar-refractivity contribution is 6.06. The predicted molar refractivity (Wildman–Crippen MR) is 158 cm³/mol. The quantitative estimate of drug-likeness (QED) is 0.0682. The van der Waals surface area contributed by atoms with Crippen LogP contribution < -0.4 is 9.47 Å². The number of rotatable bonds is 19. The Morgan fingerprint density at radius 2 is 1.29 bits per heavy atom. The summed E-state index contributed by atoms with van der Waals surface area (Å²) in [6, 6.07) is 14.2. The third kappa shape index (κ3) is 13.1. The Balaban J connectivity index is 1.61. The molecule has 2 aromatic carbocycles. The summed E-state index contributed by atoms with van der Waals surface area (Å²) in [5.41, 5.74) is 1.80. The minimum Gasteiger partial charge on any atom is -0.494 e. The Kier molecular flexibility index (Phi) is 14.9. The average molecular weight is 579 g/mol. The van der Waals surface area contributed by atoms with Gasteiger partial charge in [-0.05, 0) is 80.6 Å². The summed E-state index contributed by atoms with van der Waals surface area (Å²) in [4.78, 5) is 46.8. The molecule has 0 aliphatic carbocycles. The molecule has 0 amide bonds. The molecule has 2 rings (SSSR count). The molecule has 2 aromatic rings. The van der Waals surface area contributed by atoms with E-state index in [1.54, 1.807) is 37.3 Å². The first-order valence-corrected chi connectivity index (χ1v) is 13.6. The van der Waals surface area contributed by atoms with E-state index in [9.17, 15) is 19.2 Å². The molecule has 0 N–H and O–H groups in total. The lowest BCUT2D eigenvalue weighted by atomic mass is 10.1. The van der Waals surface area contributed by atoms with E-state index in [0.29, 0.717) is 29.9 Å². The van der Waals surface area contributed by atoms with Crippen molar-refractivity contribution in [3.63, 3.8) is 0 Å². The van der Waals surface area contributed by atoms with Crippen molar-refractivity contribution in [3.05, 3.63) is 90.0 Å². The maximum Gasteiger partial charge on any atom is 0.333 e. The lowest BCUT2D eigenvalue weighted by Gasteiger charge is -2.08. The molecule has 0 spiro atoms. The summed E-state index contributed by atoms with van der Waals surface area (Å²) in [5.74, 6) is -0.399. The highest BCUT2D eigenvalue weighted by atomic mass is 16.6. The Morgan fingerprint density at radius 3 is 1.90 bits per heavy atom. The molecule has 0 atom stereocenters. The van der Waals surface area contributed by atoms with Crippen LogP contribution in [0.3, 0.4) is 0 Å². The number of esters is 3. The van der Waals surface area contributed by atoms with Crippen molar-refractivity contribution in [1.29, 1.82) is 0 Å². The molecule has 0 bridgehead atoms. The molecular weight excluding hydrogens is 540 g/mol. The largest absolute Gasteiger partial charge is 0.494 e.